The van der Waals surface area contributed by atoms with Crippen molar-refractivity contribution in [3.63, 3.8) is 0 Å². The molecule has 2 fully saturated rings. The maximum Gasteiger partial charge on any atom is 0.127 e. The molecule has 0 radical (unpaired) electrons. The minimum absolute atomic E-state index is 0.0519. The van der Waals surface area contributed by atoms with E-state index >= 15 is 0 Å². The Balaban J connectivity index is 1.99. The number of hydrogen-bond donors (Lipinski definition) is 0. The Morgan fingerprint density at radius 2 is 1.89 bits per heavy atom. The predicted octanol–water partition coefficient (Wildman–Crippen LogP) is 2.41. The average molecular weight is 266 g/mol. The Hall–Kier alpha value is -0.410. The molecule has 1 atom stereocenters. The van der Waals surface area contributed by atoms with Crippen molar-refractivity contribution >= 4 is 6.29 Å². The summed E-state index contributed by atoms with van der Waals surface area (Å²) in [6, 6.07) is 0.573. The van der Waals surface area contributed by atoms with Gasteiger partial charge in [-0.3, -0.25) is 4.90 Å². The van der Waals surface area contributed by atoms with Gasteiger partial charge < -0.3 is 9.69 Å². The van der Waals surface area contributed by atoms with Crippen molar-refractivity contribution in [2.45, 2.75) is 52.0 Å². The van der Waals surface area contributed by atoms with E-state index in [1.807, 2.05) is 0 Å². The van der Waals surface area contributed by atoms with Crippen molar-refractivity contribution in [3.05, 3.63) is 0 Å². The fourth-order valence-electron chi connectivity index (χ4n) is 3.71. The van der Waals surface area contributed by atoms with Crippen molar-refractivity contribution in [2.75, 3.05) is 33.2 Å². The van der Waals surface area contributed by atoms with Gasteiger partial charge in [-0.15, -0.1) is 0 Å². The van der Waals surface area contributed by atoms with Gasteiger partial charge in [0.25, 0.3) is 0 Å². The first kappa shape index (κ1) is 15.0. The van der Waals surface area contributed by atoms with E-state index in [0.29, 0.717) is 6.04 Å². The van der Waals surface area contributed by atoms with Gasteiger partial charge in [-0.1, -0.05) is 6.92 Å². The minimum atomic E-state index is -0.0519. The van der Waals surface area contributed by atoms with Crippen molar-refractivity contribution < 1.29 is 4.79 Å². The number of carbonyl (C=O) groups excluding carboxylic acids is 1. The molecular weight excluding hydrogens is 236 g/mol. The van der Waals surface area contributed by atoms with Gasteiger partial charge in [0.2, 0.25) is 0 Å². The Morgan fingerprint density at radius 3 is 2.53 bits per heavy atom. The van der Waals surface area contributed by atoms with Crippen molar-refractivity contribution in [2.24, 2.45) is 11.3 Å². The van der Waals surface area contributed by atoms with Crippen LogP contribution >= 0.6 is 0 Å². The molecule has 0 spiro atoms. The number of rotatable bonds is 3. The molecule has 0 aromatic heterocycles. The van der Waals surface area contributed by atoms with Crippen LogP contribution in [0.25, 0.3) is 0 Å². The molecule has 3 nitrogen and oxygen atoms in total. The molecule has 2 aliphatic rings. The second kappa shape index (κ2) is 6.36. The molecule has 1 aliphatic carbocycles. The van der Waals surface area contributed by atoms with Crippen molar-refractivity contribution in [1.29, 1.82) is 0 Å². The highest BCUT2D eigenvalue weighted by atomic mass is 16.1. The van der Waals surface area contributed by atoms with Gasteiger partial charge in [-0.05, 0) is 65.1 Å². The SMILES string of the molecule is CC1CCC(C=O)(CN2CCCN(C)CC2C)CC1. The van der Waals surface area contributed by atoms with Crippen LogP contribution in [0.4, 0.5) is 0 Å². The van der Waals surface area contributed by atoms with E-state index in [1.54, 1.807) is 0 Å². The Labute approximate surface area is 118 Å². The molecule has 3 heteroatoms. The van der Waals surface area contributed by atoms with Gasteiger partial charge in [-0.25, -0.2) is 0 Å². The van der Waals surface area contributed by atoms with Gasteiger partial charge in [0, 0.05) is 24.5 Å². The molecule has 0 aromatic carbocycles. The quantitative estimate of drug-likeness (QED) is 0.733. The van der Waals surface area contributed by atoms with Crippen LogP contribution in [0.3, 0.4) is 0 Å². The van der Waals surface area contributed by atoms with E-state index in [1.165, 1.54) is 32.1 Å². The van der Waals surface area contributed by atoms with E-state index in [4.69, 9.17) is 0 Å². The molecule has 0 bridgehead atoms. The number of hydrogen-bond acceptors (Lipinski definition) is 3. The molecule has 110 valence electrons. The molecule has 1 unspecified atom stereocenters. The monoisotopic (exact) mass is 266 g/mol. The van der Waals surface area contributed by atoms with E-state index < -0.39 is 0 Å². The first-order valence-corrected chi connectivity index (χ1v) is 7.93. The second-order valence-corrected chi connectivity index (χ2v) is 7.10. The smallest absolute Gasteiger partial charge is 0.127 e. The van der Waals surface area contributed by atoms with Gasteiger partial charge in [0.05, 0.1) is 0 Å². The van der Waals surface area contributed by atoms with Crippen LogP contribution in [0.1, 0.15) is 46.0 Å². The van der Waals surface area contributed by atoms with Crippen molar-refractivity contribution in [1.82, 2.24) is 9.80 Å². The molecule has 2 rings (SSSR count). The number of likely N-dealkylation sites (N-methyl/N-ethyl adjacent to an activating group) is 1. The van der Waals surface area contributed by atoms with E-state index in [2.05, 4.69) is 30.7 Å². The highest BCUT2D eigenvalue weighted by molar-refractivity contribution is 5.60. The molecular formula is C16H30N2O. The summed E-state index contributed by atoms with van der Waals surface area (Å²) in [6.45, 7) is 9.08. The molecule has 1 aliphatic heterocycles. The number of nitrogens with zero attached hydrogens (tertiary/aromatic N) is 2. The molecule has 1 saturated heterocycles. The summed E-state index contributed by atoms with van der Waals surface area (Å²) in [5.41, 5.74) is -0.0519. The first-order chi connectivity index (χ1) is 9.04. The second-order valence-electron chi connectivity index (χ2n) is 7.10. The lowest BCUT2D eigenvalue weighted by Gasteiger charge is -2.40. The zero-order chi connectivity index (χ0) is 13.9. The third kappa shape index (κ3) is 3.79. The van der Waals surface area contributed by atoms with Crippen LogP contribution in [0.2, 0.25) is 0 Å². The highest BCUT2D eigenvalue weighted by Gasteiger charge is 2.37. The largest absolute Gasteiger partial charge is 0.305 e. The Kier molecular flexibility index (Phi) is 5.02. The third-order valence-electron chi connectivity index (χ3n) is 5.22. The Bertz CT molecular complexity index is 297. The van der Waals surface area contributed by atoms with Crippen LogP contribution in [0, 0.1) is 11.3 Å². The lowest BCUT2D eigenvalue weighted by atomic mass is 9.71. The van der Waals surface area contributed by atoms with Crippen LogP contribution < -0.4 is 0 Å². The predicted molar refractivity (Wildman–Crippen MR) is 79.3 cm³/mol. The molecule has 1 heterocycles. The molecule has 0 aromatic rings. The van der Waals surface area contributed by atoms with E-state index in [0.717, 1.165) is 38.4 Å². The number of carbonyl (C=O) groups is 1. The van der Waals surface area contributed by atoms with Gasteiger partial charge in [-0.2, -0.15) is 0 Å². The highest BCUT2D eigenvalue weighted by Crippen LogP contribution is 2.38. The van der Waals surface area contributed by atoms with Gasteiger partial charge >= 0.3 is 0 Å². The normalized spacial score (nSPS) is 38.9. The van der Waals surface area contributed by atoms with E-state index in [-0.39, 0.29) is 5.41 Å². The fraction of sp³-hybridized carbons (Fsp3) is 0.938. The van der Waals surface area contributed by atoms with Crippen LogP contribution in [0.5, 0.6) is 0 Å². The topological polar surface area (TPSA) is 23.6 Å². The van der Waals surface area contributed by atoms with Crippen molar-refractivity contribution in [3.8, 4) is 0 Å². The lowest BCUT2D eigenvalue weighted by Crippen LogP contribution is -2.46. The summed E-state index contributed by atoms with van der Waals surface area (Å²) < 4.78 is 0. The third-order valence-corrected chi connectivity index (χ3v) is 5.22. The summed E-state index contributed by atoms with van der Waals surface area (Å²) >= 11 is 0. The van der Waals surface area contributed by atoms with Crippen LogP contribution in [-0.2, 0) is 4.79 Å². The zero-order valence-electron chi connectivity index (χ0n) is 12.9. The molecule has 19 heavy (non-hydrogen) atoms. The average Bonchev–Trinajstić information content (AvgIpc) is 2.54. The summed E-state index contributed by atoms with van der Waals surface area (Å²) in [7, 11) is 2.21. The maximum absolute atomic E-state index is 11.7. The summed E-state index contributed by atoms with van der Waals surface area (Å²) in [5, 5.41) is 0. The van der Waals surface area contributed by atoms with Gasteiger partial charge in [0.1, 0.15) is 6.29 Å². The summed E-state index contributed by atoms with van der Waals surface area (Å²) in [4.78, 5) is 16.7. The zero-order valence-corrected chi connectivity index (χ0v) is 12.9. The minimum Gasteiger partial charge on any atom is -0.305 e. The fourth-order valence-corrected chi connectivity index (χ4v) is 3.71. The lowest BCUT2D eigenvalue weighted by molar-refractivity contribution is -0.120. The molecule has 1 saturated carbocycles. The maximum atomic E-state index is 11.7. The van der Waals surface area contributed by atoms with E-state index in [9.17, 15) is 4.79 Å². The summed E-state index contributed by atoms with van der Waals surface area (Å²) in [5.74, 6) is 0.806. The standard InChI is InChI=1S/C16H30N2O/c1-14-5-7-16(13-19,8-6-14)12-18-10-4-9-17(3)11-15(18)2/h13-15H,4-12H2,1-3H3. The molecule has 0 N–H and O–H groups in total. The van der Waals surface area contributed by atoms with Crippen LogP contribution in [-0.4, -0.2) is 55.4 Å². The Morgan fingerprint density at radius 1 is 1.21 bits per heavy atom. The number of aldehydes is 1. The molecule has 0 amide bonds. The summed E-state index contributed by atoms with van der Waals surface area (Å²) in [6.07, 6.45) is 7.14. The van der Waals surface area contributed by atoms with Crippen LogP contribution in [0.15, 0.2) is 0 Å². The first-order valence-electron chi connectivity index (χ1n) is 7.93. The van der Waals surface area contributed by atoms with Gasteiger partial charge in [0.15, 0.2) is 0 Å².